The Labute approximate surface area is 51.3 Å². The van der Waals surface area contributed by atoms with Crippen molar-refractivity contribution in [2.75, 3.05) is 0 Å². The first-order valence-electron chi connectivity index (χ1n) is 2.09. The summed E-state index contributed by atoms with van der Waals surface area (Å²) in [5.41, 5.74) is 0. The van der Waals surface area contributed by atoms with E-state index in [4.69, 9.17) is 0 Å². The average molecular weight is 131 g/mol. The van der Waals surface area contributed by atoms with Gasteiger partial charge in [0.1, 0.15) is 6.26 Å². The van der Waals surface area contributed by atoms with E-state index in [9.17, 15) is 4.79 Å². The maximum Gasteiger partial charge on any atom is 0.419 e. The van der Waals surface area contributed by atoms with Crippen molar-refractivity contribution in [1.29, 1.82) is 0 Å². The Morgan fingerprint density at radius 1 is 1.88 bits per heavy atom. The summed E-state index contributed by atoms with van der Waals surface area (Å²) in [5, 5.41) is 0. The van der Waals surface area contributed by atoms with Crippen molar-refractivity contribution in [3.8, 4) is 0 Å². The largest absolute Gasteiger partial charge is 0.419 e. The molecule has 0 saturated carbocycles. The number of nitrogens with zero attached hydrogens (tertiary/aromatic N) is 1. The fourth-order valence-electron chi connectivity index (χ4n) is 0.396. The molecule has 0 unspecified atom stereocenters. The third-order valence-corrected chi connectivity index (χ3v) is 1.10. The van der Waals surface area contributed by atoms with E-state index < -0.39 is 0 Å². The van der Waals surface area contributed by atoms with Gasteiger partial charge in [0, 0.05) is 6.20 Å². The van der Waals surface area contributed by atoms with Gasteiger partial charge in [-0.05, 0) is 0 Å². The van der Waals surface area contributed by atoms with E-state index in [0.29, 0.717) is 5.88 Å². The first-order valence-corrected chi connectivity index (χ1v) is 2.72. The number of aromatic nitrogens is 1. The van der Waals surface area contributed by atoms with Crippen molar-refractivity contribution < 1.29 is 4.42 Å². The molecule has 0 spiro atoms. The minimum atomic E-state index is -0.361. The molecule has 1 aromatic heterocycles. The minimum Gasteiger partial charge on any atom is -0.416 e. The lowest BCUT2D eigenvalue weighted by Gasteiger charge is -1.84. The van der Waals surface area contributed by atoms with Crippen molar-refractivity contribution in [2.24, 2.45) is 0 Å². The highest BCUT2D eigenvalue weighted by atomic mass is 32.1. The fourth-order valence-corrected chi connectivity index (χ4v) is 0.605. The van der Waals surface area contributed by atoms with Crippen molar-refractivity contribution in [1.82, 2.24) is 4.57 Å². The second-order valence-corrected chi connectivity index (χ2v) is 1.56. The molecule has 1 aromatic rings. The molecule has 0 aliphatic rings. The van der Waals surface area contributed by atoms with E-state index in [1.54, 1.807) is 0 Å². The Bertz CT molecular complexity index is 214. The zero-order valence-corrected chi connectivity index (χ0v) is 4.97. The van der Waals surface area contributed by atoms with Gasteiger partial charge >= 0.3 is 5.76 Å². The van der Waals surface area contributed by atoms with Crippen LogP contribution in [0.1, 0.15) is 0 Å². The molecule has 0 amide bonds. The van der Waals surface area contributed by atoms with Gasteiger partial charge in [-0.1, -0.05) is 0 Å². The van der Waals surface area contributed by atoms with Crippen LogP contribution in [0.4, 0.5) is 0 Å². The third kappa shape index (κ3) is 0.790. The molecule has 0 N–H and O–H groups in total. The molecule has 0 bridgehead atoms. The standard InChI is InChI=1S/C4H5NO2S/c6-4-5(3-8)1-2-7-4/h1-2,8H,3H2. The van der Waals surface area contributed by atoms with E-state index in [2.05, 4.69) is 17.0 Å². The Morgan fingerprint density at radius 3 is 2.88 bits per heavy atom. The van der Waals surface area contributed by atoms with Gasteiger partial charge in [0.15, 0.2) is 0 Å². The lowest BCUT2D eigenvalue weighted by molar-refractivity contribution is 0.493. The van der Waals surface area contributed by atoms with E-state index in [-0.39, 0.29) is 5.76 Å². The summed E-state index contributed by atoms with van der Waals surface area (Å²) < 4.78 is 5.76. The predicted molar refractivity (Wildman–Crippen MR) is 32.0 cm³/mol. The zero-order valence-electron chi connectivity index (χ0n) is 4.07. The van der Waals surface area contributed by atoms with E-state index in [1.165, 1.54) is 17.0 Å². The first kappa shape index (κ1) is 5.50. The Balaban J connectivity index is 3.11. The molecule has 1 heterocycles. The lowest BCUT2D eigenvalue weighted by atomic mass is 10.9. The van der Waals surface area contributed by atoms with Crippen LogP contribution in [0.25, 0.3) is 0 Å². The van der Waals surface area contributed by atoms with Crippen LogP contribution < -0.4 is 5.76 Å². The molecule has 0 atom stereocenters. The second-order valence-electron chi connectivity index (χ2n) is 1.28. The van der Waals surface area contributed by atoms with Crippen LogP contribution in [0.5, 0.6) is 0 Å². The van der Waals surface area contributed by atoms with Crippen LogP contribution in [0.3, 0.4) is 0 Å². The summed E-state index contributed by atoms with van der Waals surface area (Å²) in [7, 11) is 0. The Kier molecular flexibility index (Phi) is 1.43. The van der Waals surface area contributed by atoms with Crippen LogP contribution in [0, 0.1) is 0 Å². The Morgan fingerprint density at radius 2 is 2.62 bits per heavy atom. The molecule has 44 valence electrons. The highest BCUT2D eigenvalue weighted by Gasteiger charge is 1.90. The molecule has 0 fully saturated rings. The van der Waals surface area contributed by atoms with Crippen molar-refractivity contribution in [3.63, 3.8) is 0 Å². The number of rotatable bonds is 1. The van der Waals surface area contributed by atoms with Gasteiger partial charge in [-0.2, -0.15) is 12.6 Å². The van der Waals surface area contributed by atoms with Gasteiger partial charge in [-0.3, -0.25) is 4.57 Å². The van der Waals surface area contributed by atoms with Gasteiger partial charge < -0.3 is 4.42 Å². The molecule has 1 rings (SSSR count). The van der Waals surface area contributed by atoms with Gasteiger partial charge in [0.2, 0.25) is 0 Å². The maximum absolute atomic E-state index is 10.4. The first-order chi connectivity index (χ1) is 3.84. The highest BCUT2D eigenvalue weighted by molar-refractivity contribution is 7.79. The Hall–Kier alpha value is -0.640. The summed E-state index contributed by atoms with van der Waals surface area (Å²) in [6.07, 6.45) is 2.87. The SMILES string of the molecule is O=c1occn1CS. The molecule has 0 radical (unpaired) electrons. The van der Waals surface area contributed by atoms with Gasteiger partial charge in [-0.25, -0.2) is 4.79 Å². The van der Waals surface area contributed by atoms with Crippen LogP contribution in [0.15, 0.2) is 21.7 Å². The summed E-state index contributed by atoms with van der Waals surface area (Å²) in [6.45, 7) is 0. The lowest BCUT2D eigenvalue weighted by Crippen LogP contribution is -2.09. The summed E-state index contributed by atoms with van der Waals surface area (Å²) in [4.78, 5) is 10.4. The second kappa shape index (κ2) is 2.09. The molecular weight excluding hydrogens is 126 g/mol. The van der Waals surface area contributed by atoms with Crippen molar-refractivity contribution in [3.05, 3.63) is 23.0 Å². The van der Waals surface area contributed by atoms with E-state index in [1.807, 2.05) is 0 Å². The number of hydrogen-bond acceptors (Lipinski definition) is 3. The molecule has 0 saturated heterocycles. The monoisotopic (exact) mass is 131 g/mol. The van der Waals surface area contributed by atoms with E-state index in [0.717, 1.165) is 0 Å². The third-order valence-electron chi connectivity index (χ3n) is 0.797. The molecule has 0 aliphatic heterocycles. The molecular formula is C4H5NO2S. The molecule has 8 heavy (non-hydrogen) atoms. The van der Waals surface area contributed by atoms with Gasteiger partial charge in [0.05, 0.1) is 5.88 Å². The van der Waals surface area contributed by atoms with Crippen molar-refractivity contribution in [2.45, 2.75) is 5.88 Å². The van der Waals surface area contributed by atoms with Crippen LogP contribution >= 0.6 is 12.6 Å². The van der Waals surface area contributed by atoms with Gasteiger partial charge in [-0.15, -0.1) is 0 Å². The van der Waals surface area contributed by atoms with Crippen LogP contribution in [-0.2, 0) is 5.88 Å². The smallest absolute Gasteiger partial charge is 0.416 e. The van der Waals surface area contributed by atoms with Crippen molar-refractivity contribution >= 4 is 12.6 Å². The number of hydrogen-bond donors (Lipinski definition) is 1. The zero-order chi connectivity index (χ0) is 5.98. The topological polar surface area (TPSA) is 35.1 Å². The van der Waals surface area contributed by atoms with Crippen LogP contribution in [-0.4, -0.2) is 4.57 Å². The molecule has 0 aromatic carbocycles. The molecule has 0 aliphatic carbocycles. The fraction of sp³-hybridized carbons (Fsp3) is 0.250. The average Bonchev–Trinajstić information content (AvgIpc) is 2.14. The summed E-state index contributed by atoms with van der Waals surface area (Å²) in [6, 6.07) is 0. The normalized spacial score (nSPS) is 9.62. The molecule has 4 heteroatoms. The highest BCUT2D eigenvalue weighted by Crippen LogP contribution is 1.82. The number of thiol groups is 1. The predicted octanol–water partition coefficient (Wildman–Crippen LogP) is 0.329. The maximum atomic E-state index is 10.4. The van der Waals surface area contributed by atoms with Crippen LogP contribution in [0.2, 0.25) is 0 Å². The minimum absolute atomic E-state index is 0.361. The summed E-state index contributed by atoms with van der Waals surface area (Å²) >= 11 is 3.85. The summed E-state index contributed by atoms with van der Waals surface area (Å²) in [5.74, 6) is 0.00926. The van der Waals surface area contributed by atoms with E-state index >= 15 is 0 Å². The quantitative estimate of drug-likeness (QED) is 0.557. The molecule has 3 nitrogen and oxygen atoms in total. The van der Waals surface area contributed by atoms with Gasteiger partial charge in [0.25, 0.3) is 0 Å². The number of oxazole rings is 1.